The molecule has 1 aliphatic carbocycles. The van der Waals surface area contributed by atoms with Crippen molar-refractivity contribution in [1.82, 2.24) is 10.2 Å². The van der Waals surface area contributed by atoms with E-state index in [1.807, 2.05) is 5.38 Å². The Morgan fingerprint density at radius 1 is 1.38 bits per heavy atom. The average Bonchev–Trinajstić information content (AvgIpc) is 2.98. The fraction of sp³-hybridized carbons (Fsp3) is 0.600. The Labute approximate surface area is 129 Å². The van der Waals surface area contributed by atoms with Crippen molar-refractivity contribution < 1.29 is 14.7 Å². The number of hydrogen-bond acceptors (Lipinski definition) is 3. The minimum absolute atomic E-state index is 0.207. The lowest BCUT2D eigenvalue weighted by Crippen LogP contribution is -2.47. The van der Waals surface area contributed by atoms with Crippen molar-refractivity contribution in [2.75, 3.05) is 7.05 Å². The van der Waals surface area contributed by atoms with Gasteiger partial charge in [-0.2, -0.15) is 0 Å². The fourth-order valence-corrected chi connectivity index (χ4v) is 3.50. The third kappa shape index (κ3) is 3.97. The van der Waals surface area contributed by atoms with Crippen molar-refractivity contribution >= 4 is 23.3 Å². The molecule has 1 aromatic rings. The van der Waals surface area contributed by atoms with E-state index in [1.54, 1.807) is 24.1 Å². The largest absolute Gasteiger partial charge is 0.479 e. The minimum atomic E-state index is -1.03. The highest BCUT2D eigenvalue weighted by Crippen LogP contribution is 2.27. The number of aliphatic carboxylic acids is 1. The first-order valence-corrected chi connectivity index (χ1v) is 8.16. The van der Waals surface area contributed by atoms with Crippen LogP contribution in [0.3, 0.4) is 0 Å². The summed E-state index contributed by atoms with van der Waals surface area (Å²) in [6, 6.07) is 2.44. The van der Waals surface area contributed by atoms with E-state index in [0.717, 1.165) is 31.6 Å². The summed E-state index contributed by atoms with van der Waals surface area (Å²) in [4.78, 5) is 25.9. The number of thiophene rings is 1. The predicted octanol–water partition coefficient (Wildman–Crippen LogP) is 3.09. The molecule has 21 heavy (non-hydrogen) atoms. The van der Waals surface area contributed by atoms with Gasteiger partial charge in [0.25, 0.3) is 0 Å². The topological polar surface area (TPSA) is 69.6 Å². The first-order chi connectivity index (χ1) is 9.99. The highest BCUT2D eigenvalue weighted by molar-refractivity contribution is 7.10. The Morgan fingerprint density at radius 3 is 2.57 bits per heavy atom. The predicted molar refractivity (Wildman–Crippen MR) is 82.4 cm³/mol. The summed E-state index contributed by atoms with van der Waals surface area (Å²) < 4.78 is 0. The summed E-state index contributed by atoms with van der Waals surface area (Å²) >= 11 is 1.33. The molecule has 1 fully saturated rings. The molecule has 2 amide bonds. The highest BCUT2D eigenvalue weighted by atomic mass is 32.1. The molecule has 0 aromatic carbocycles. The Bertz CT molecular complexity index is 481. The molecule has 116 valence electrons. The number of urea groups is 1. The van der Waals surface area contributed by atoms with Gasteiger partial charge in [-0.15, -0.1) is 11.3 Å². The number of carbonyl (C=O) groups excluding carboxylic acids is 1. The van der Waals surface area contributed by atoms with Crippen molar-refractivity contribution in [2.45, 2.75) is 44.7 Å². The highest BCUT2D eigenvalue weighted by Gasteiger charge is 2.29. The van der Waals surface area contributed by atoms with Crippen molar-refractivity contribution in [2.24, 2.45) is 5.92 Å². The Morgan fingerprint density at radius 2 is 2.05 bits per heavy atom. The lowest BCUT2D eigenvalue weighted by molar-refractivity contribution is -0.139. The summed E-state index contributed by atoms with van der Waals surface area (Å²) in [7, 11) is 1.75. The van der Waals surface area contributed by atoms with E-state index < -0.39 is 12.0 Å². The summed E-state index contributed by atoms with van der Waals surface area (Å²) in [5.41, 5.74) is 0. The molecule has 0 bridgehead atoms. The molecule has 1 atom stereocenters. The third-order valence-corrected chi connectivity index (χ3v) is 5.13. The van der Waals surface area contributed by atoms with Gasteiger partial charge in [0, 0.05) is 18.0 Å². The molecular formula is C15H22N2O3S. The zero-order chi connectivity index (χ0) is 15.4. The van der Waals surface area contributed by atoms with Gasteiger partial charge in [-0.1, -0.05) is 13.0 Å². The number of nitrogens with zero attached hydrogens (tertiary/aromatic N) is 1. The Hall–Kier alpha value is -1.56. The number of nitrogens with one attached hydrogen (secondary N) is 1. The summed E-state index contributed by atoms with van der Waals surface area (Å²) in [6.07, 6.45) is 4.22. The van der Waals surface area contributed by atoms with E-state index >= 15 is 0 Å². The third-order valence-electron chi connectivity index (χ3n) is 4.20. The molecule has 0 saturated heterocycles. The van der Waals surface area contributed by atoms with Crippen LogP contribution in [0.1, 0.15) is 43.5 Å². The van der Waals surface area contributed by atoms with Gasteiger partial charge in [-0.3, -0.25) is 0 Å². The van der Waals surface area contributed by atoms with Gasteiger partial charge in [0.15, 0.2) is 6.04 Å². The zero-order valence-electron chi connectivity index (χ0n) is 12.4. The molecule has 1 aromatic heterocycles. The first-order valence-electron chi connectivity index (χ1n) is 7.28. The van der Waals surface area contributed by atoms with Crippen LogP contribution >= 0.6 is 11.3 Å². The average molecular weight is 310 g/mol. The molecule has 0 aliphatic heterocycles. The van der Waals surface area contributed by atoms with Crippen LogP contribution in [-0.2, 0) is 4.79 Å². The second-order valence-corrected chi connectivity index (χ2v) is 6.74. The van der Waals surface area contributed by atoms with Gasteiger partial charge in [-0.05, 0) is 43.0 Å². The van der Waals surface area contributed by atoms with Crippen molar-refractivity contribution in [1.29, 1.82) is 0 Å². The van der Waals surface area contributed by atoms with Gasteiger partial charge in [0.05, 0.1) is 0 Å². The van der Waals surface area contributed by atoms with Gasteiger partial charge in [-0.25, -0.2) is 9.59 Å². The molecule has 1 saturated carbocycles. The molecule has 1 unspecified atom stereocenters. The zero-order valence-corrected chi connectivity index (χ0v) is 13.2. The second kappa shape index (κ2) is 6.93. The van der Waals surface area contributed by atoms with E-state index in [0.29, 0.717) is 4.88 Å². The van der Waals surface area contributed by atoms with Crippen LogP contribution in [0.4, 0.5) is 4.79 Å². The van der Waals surface area contributed by atoms with Gasteiger partial charge < -0.3 is 15.3 Å². The van der Waals surface area contributed by atoms with Crippen LogP contribution in [0.5, 0.6) is 0 Å². The van der Waals surface area contributed by atoms with Gasteiger partial charge in [0.2, 0.25) is 0 Å². The molecule has 2 rings (SSSR count). The van der Waals surface area contributed by atoms with E-state index in [2.05, 4.69) is 12.2 Å². The first kappa shape index (κ1) is 15.8. The van der Waals surface area contributed by atoms with Crippen LogP contribution in [-0.4, -0.2) is 35.1 Å². The summed E-state index contributed by atoms with van der Waals surface area (Å²) in [6.45, 7) is 2.23. The maximum absolute atomic E-state index is 12.3. The normalized spacial score (nSPS) is 23.3. The van der Waals surface area contributed by atoms with Crippen molar-refractivity contribution in [3.05, 3.63) is 22.4 Å². The molecular weight excluding hydrogens is 288 g/mol. The number of rotatable bonds is 4. The van der Waals surface area contributed by atoms with Gasteiger partial charge in [0.1, 0.15) is 0 Å². The molecule has 5 nitrogen and oxygen atoms in total. The number of hydrogen-bond donors (Lipinski definition) is 2. The lowest BCUT2D eigenvalue weighted by Gasteiger charge is -2.34. The number of carboxylic acid groups (broad SMARTS) is 1. The smallest absolute Gasteiger partial charge is 0.331 e. The summed E-state index contributed by atoms with van der Waals surface area (Å²) in [5, 5.41) is 13.7. The standard InChI is InChI=1S/C15H22N2O3S/c1-10-5-7-11(8-6-10)17(2)15(20)16-13(14(18)19)12-4-3-9-21-12/h3-4,9-11,13H,5-8H2,1-2H3,(H,16,20)(H,18,19). The Kier molecular flexibility index (Phi) is 5.22. The monoisotopic (exact) mass is 310 g/mol. The maximum atomic E-state index is 12.3. The quantitative estimate of drug-likeness (QED) is 0.898. The SMILES string of the molecule is CC1CCC(N(C)C(=O)NC(C(=O)O)c2cccs2)CC1. The van der Waals surface area contributed by atoms with Crippen LogP contribution in [0.15, 0.2) is 17.5 Å². The van der Waals surface area contributed by atoms with Crippen LogP contribution in [0.2, 0.25) is 0 Å². The fourth-order valence-electron chi connectivity index (χ4n) is 2.73. The lowest BCUT2D eigenvalue weighted by atomic mass is 9.87. The molecule has 0 spiro atoms. The van der Waals surface area contributed by atoms with Crippen molar-refractivity contribution in [3.63, 3.8) is 0 Å². The molecule has 1 heterocycles. The molecule has 1 aliphatic rings. The van der Waals surface area contributed by atoms with Crippen LogP contribution in [0.25, 0.3) is 0 Å². The van der Waals surface area contributed by atoms with Gasteiger partial charge >= 0.3 is 12.0 Å². The molecule has 0 radical (unpaired) electrons. The maximum Gasteiger partial charge on any atom is 0.331 e. The van der Waals surface area contributed by atoms with Crippen LogP contribution in [0, 0.1) is 5.92 Å². The number of carboxylic acids is 1. The van der Waals surface area contributed by atoms with E-state index in [1.165, 1.54) is 11.3 Å². The van der Waals surface area contributed by atoms with Crippen LogP contribution < -0.4 is 5.32 Å². The summed E-state index contributed by atoms with van der Waals surface area (Å²) in [5.74, 6) is -0.313. The molecule has 2 N–H and O–H groups in total. The number of amides is 2. The Balaban J connectivity index is 1.97. The van der Waals surface area contributed by atoms with E-state index in [4.69, 9.17) is 0 Å². The molecule has 6 heteroatoms. The van der Waals surface area contributed by atoms with Crippen molar-refractivity contribution in [3.8, 4) is 0 Å². The van der Waals surface area contributed by atoms with E-state index in [9.17, 15) is 14.7 Å². The van der Waals surface area contributed by atoms with E-state index in [-0.39, 0.29) is 12.1 Å². The minimum Gasteiger partial charge on any atom is -0.479 e. The second-order valence-electron chi connectivity index (χ2n) is 5.76. The number of carbonyl (C=O) groups is 2.